The summed E-state index contributed by atoms with van der Waals surface area (Å²) in [5, 5.41) is 1.21. The Balaban J connectivity index is 1.98. The summed E-state index contributed by atoms with van der Waals surface area (Å²) in [6.07, 6.45) is 0.596. The topological polar surface area (TPSA) is 35.2 Å². The lowest BCUT2D eigenvalue weighted by Crippen LogP contribution is -2.10. The molecule has 0 unspecified atom stereocenters. The molecule has 0 atom stereocenters. The van der Waals surface area contributed by atoms with Crippen molar-refractivity contribution in [2.45, 2.75) is 13.0 Å². The molecular weight excluding hydrogens is 313 g/mol. The van der Waals surface area contributed by atoms with Gasteiger partial charge in [-0.3, -0.25) is 0 Å². The van der Waals surface area contributed by atoms with Gasteiger partial charge in [-0.15, -0.1) is 0 Å². The Morgan fingerprint density at radius 2 is 1.80 bits per heavy atom. The standard InChI is InChI=1S/C15H13Cl2NOS/c16-12-4-3-11(14(17)8-12)9-19-13-5-1-10(2-6-13)7-15(18)20/h1-6,8H,7,9H2,(H2,18,20). The van der Waals surface area contributed by atoms with Crippen LogP contribution in [0.4, 0.5) is 0 Å². The Labute approximate surface area is 133 Å². The van der Waals surface area contributed by atoms with Gasteiger partial charge in [-0.25, -0.2) is 0 Å². The fraction of sp³-hybridized carbons (Fsp3) is 0.133. The smallest absolute Gasteiger partial charge is 0.119 e. The molecule has 20 heavy (non-hydrogen) atoms. The van der Waals surface area contributed by atoms with Gasteiger partial charge in [0.15, 0.2) is 0 Å². The predicted octanol–water partition coefficient (Wildman–Crippen LogP) is 4.40. The van der Waals surface area contributed by atoms with Gasteiger partial charge in [-0.2, -0.15) is 0 Å². The number of ether oxygens (including phenoxy) is 1. The molecular formula is C15H13Cl2NOS. The fourth-order valence-corrected chi connectivity index (χ4v) is 2.33. The maximum absolute atomic E-state index is 6.09. The van der Waals surface area contributed by atoms with E-state index in [1.165, 1.54) is 0 Å². The van der Waals surface area contributed by atoms with Crippen LogP contribution in [0, 0.1) is 0 Å². The lowest BCUT2D eigenvalue weighted by molar-refractivity contribution is 0.306. The molecule has 0 heterocycles. The van der Waals surface area contributed by atoms with Gasteiger partial charge in [0.05, 0.1) is 4.99 Å². The summed E-state index contributed by atoms with van der Waals surface area (Å²) in [6.45, 7) is 0.394. The fourth-order valence-electron chi connectivity index (χ4n) is 1.70. The third-order valence-corrected chi connectivity index (χ3v) is 3.44. The van der Waals surface area contributed by atoms with Crippen molar-refractivity contribution in [3.63, 3.8) is 0 Å². The molecule has 0 aliphatic rings. The van der Waals surface area contributed by atoms with Crippen molar-refractivity contribution >= 4 is 40.4 Å². The number of thiocarbonyl (C=S) groups is 1. The highest BCUT2D eigenvalue weighted by molar-refractivity contribution is 7.80. The van der Waals surface area contributed by atoms with Crippen LogP contribution in [-0.4, -0.2) is 4.99 Å². The third-order valence-electron chi connectivity index (χ3n) is 2.71. The Hall–Kier alpha value is -1.29. The molecule has 104 valence electrons. The Morgan fingerprint density at radius 3 is 2.40 bits per heavy atom. The highest BCUT2D eigenvalue weighted by atomic mass is 35.5. The molecule has 2 rings (SSSR count). The van der Waals surface area contributed by atoms with E-state index < -0.39 is 0 Å². The van der Waals surface area contributed by atoms with Gasteiger partial charge < -0.3 is 10.5 Å². The monoisotopic (exact) mass is 325 g/mol. The third kappa shape index (κ3) is 4.37. The molecule has 0 bridgehead atoms. The van der Waals surface area contributed by atoms with Gasteiger partial charge in [0, 0.05) is 22.0 Å². The molecule has 0 saturated heterocycles. The zero-order valence-electron chi connectivity index (χ0n) is 10.6. The number of nitrogens with two attached hydrogens (primary N) is 1. The molecule has 0 aliphatic heterocycles. The SMILES string of the molecule is NC(=S)Cc1ccc(OCc2ccc(Cl)cc2Cl)cc1. The quantitative estimate of drug-likeness (QED) is 0.827. The van der Waals surface area contributed by atoms with E-state index in [2.05, 4.69) is 0 Å². The number of hydrogen-bond acceptors (Lipinski definition) is 2. The predicted molar refractivity (Wildman–Crippen MR) is 87.7 cm³/mol. The molecule has 0 saturated carbocycles. The summed E-state index contributed by atoms with van der Waals surface area (Å²) >= 11 is 16.8. The summed E-state index contributed by atoms with van der Waals surface area (Å²) in [7, 11) is 0. The van der Waals surface area contributed by atoms with E-state index in [0.29, 0.717) is 28.1 Å². The van der Waals surface area contributed by atoms with Gasteiger partial charge in [0.1, 0.15) is 12.4 Å². The minimum absolute atomic E-state index is 0.394. The molecule has 0 aliphatic carbocycles. The first-order valence-electron chi connectivity index (χ1n) is 5.98. The Bertz CT molecular complexity index is 614. The van der Waals surface area contributed by atoms with Gasteiger partial charge >= 0.3 is 0 Å². The lowest BCUT2D eigenvalue weighted by atomic mass is 10.1. The van der Waals surface area contributed by atoms with Crippen molar-refractivity contribution in [3.8, 4) is 5.75 Å². The first kappa shape index (κ1) is 15.1. The molecule has 0 aromatic heterocycles. The summed E-state index contributed by atoms with van der Waals surface area (Å²) in [5.41, 5.74) is 7.46. The maximum atomic E-state index is 6.09. The summed E-state index contributed by atoms with van der Waals surface area (Å²) in [5.74, 6) is 0.766. The van der Waals surface area contributed by atoms with Crippen LogP contribution in [0.3, 0.4) is 0 Å². The van der Waals surface area contributed by atoms with E-state index >= 15 is 0 Å². The number of rotatable bonds is 5. The maximum Gasteiger partial charge on any atom is 0.119 e. The van der Waals surface area contributed by atoms with E-state index in [4.69, 9.17) is 45.9 Å². The number of hydrogen-bond donors (Lipinski definition) is 1. The first-order valence-corrected chi connectivity index (χ1v) is 7.15. The summed E-state index contributed by atoms with van der Waals surface area (Å²) < 4.78 is 5.68. The second kappa shape index (κ2) is 6.93. The van der Waals surface area contributed by atoms with Crippen molar-refractivity contribution in [1.82, 2.24) is 0 Å². The largest absolute Gasteiger partial charge is 0.489 e. The van der Waals surface area contributed by atoms with Gasteiger partial charge in [0.25, 0.3) is 0 Å². The van der Waals surface area contributed by atoms with Crippen molar-refractivity contribution in [2.75, 3.05) is 0 Å². The minimum Gasteiger partial charge on any atom is -0.489 e. The number of halogens is 2. The molecule has 2 N–H and O–H groups in total. The molecule has 0 spiro atoms. The van der Waals surface area contributed by atoms with Crippen molar-refractivity contribution in [2.24, 2.45) is 5.73 Å². The average Bonchev–Trinajstić information content (AvgIpc) is 2.39. The Kier molecular flexibility index (Phi) is 5.24. The Morgan fingerprint density at radius 1 is 1.10 bits per heavy atom. The van der Waals surface area contributed by atoms with Gasteiger partial charge in [-0.05, 0) is 29.8 Å². The van der Waals surface area contributed by atoms with Crippen LogP contribution >= 0.6 is 35.4 Å². The van der Waals surface area contributed by atoms with Crippen molar-refractivity contribution < 1.29 is 4.74 Å². The van der Waals surface area contributed by atoms with Crippen LogP contribution in [0.1, 0.15) is 11.1 Å². The van der Waals surface area contributed by atoms with E-state index in [1.807, 2.05) is 30.3 Å². The van der Waals surface area contributed by atoms with Crippen molar-refractivity contribution in [1.29, 1.82) is 0 Å². The molecule has 5 heteroatoms. The van der Waals surface area contributed by atoms with Gasteiger partial charge in [0.2, 0.25) is 0 Å². The van der Waals surface area contributed by atoms with E-state index in [9.17, 15) is 0 Å². The zero-order chi connectivity index (χ0) is 14.5. The normalized spacial score (nSPS) is 10.3. The number of benzene rings is 2. The summed E-state index contributed by atoms with van der Waals surface area (Å²) in [4.78, 5) is 0.478. The molecule has 0 radical (unpaired) electrons. The van der Waals surface area contributed by atoms with Crippen LogP contribution in [0.5, 0.6) is 5.75 Å². The second-order valence-electron chi connectivity index (χ2n) is 4.31. The average molecular weight is 326 g/mol. The summed E-state index contributed by atoms with van der Waals surface area (Å²) in [6, 6.07) is 13.0. The van der Waals surface area contributed by atoms with E-state index in [-0.39, 0.29) is 0 Å². The van der Waals surface area contributed by atoms with Crippen LogP contribution in [0.25, 0.3) is 0 Å². The van der Waals surface area contributed by atoms with Crippen LogP contribution < -0.4 is 10.5 Å². The van der Waals surface area contributed by atoms with Crippen LogP contribution in [-0.2, 0) is 13.0 Å². The highest BCUT2D eigenvalue weighted by Crippen LogP contribution is 2.22. The van der Waals surface area contributed by atoms with Crippen molar-refractivity contribution in [3.05, 3.63) is 63.6 Å². The first-order chi connectivity index (χ1) is 9.54. The van der Waals surface area contributed by atoms with Crippen LogP contribution in [0.15, 0.2) is 42.5 Å². The molecule has 2 aromatic rings. The molecule has 0 amide bonds. The highest BCUT2D eigenvalue weighted by Gasteiger charge is 2.03. The van der Waals surface area contributed by atoms with E-state index in [0.717, 1.165) is 16.9 Å². The van der Waals surface area contributed by atoms with Gasteiger partial charge in [-0.1, -0.05) is 53.6 Å². The van der Waals surface area contributed by atoms with Crippen LogP contribution in [0.2, 0.25) is 10.0 Å². The molecule has 2 nitrogen and oxygen atoms in total. The second-order valence-corrected chi connectivity index (χ2v) is 5.68. The molecule has 2 aromatic carbocycles. The van der Waals surface area contributed by atoms with E-state index in [1.54, 1.807) is 12.1 Å². The lowest BCUT2D eigenvalue weighted by Gasteiger charge is -2.09. The molecule has 0 fully saturated rings. The minimum atomic E-state index is 0.394. The zero-order valence-corrected chi connectivity index (χ0v) is 12.9.